The molecule has 0 aliphatic carbocycles. The van der Waals surface area contributed by atoms with Crippen molar-refractivity contribution in [3.05, 3.63) is 227 Å². The van der Waals surface area contributed by atoms with Crippen LogP contribution in [-0.2, 0) is 6.54 Å². The molecule has 12 heterocycles. The minimum atomic E-state index is -0.510. The summed E-state index contributed by atoms with van der Waals surface area (Å²) in [4.78, 5) is 103. The van der Waals surface area contributed by atoms with Crippen LogP contribution in [0, 0.1) is 45.3 Å². The van der Waals surface area contributed by atoms with Crippen LogP contribution in [0.15, 0.2) is 152 Å². The summed E-state index contributed by atoms with van der Waals surface area (Å²) in [5.41, 5.74) is 1.15. The molecular weight excluding hydrogens is 1250 g/mol. The highest BCUT2D eigenvalue weighted by Crippen LogP contribution is 2.29. The number of carbonyl (C=O) groups is 2. The van der Waals surface area contributed by atoms with Crippen LogP contribution in [-0.4, -0.2) is 121 Å². The first-order valence-corrected chi connectivity index (χ1v) is 29.9. The lowest BCUT2D eigenvalue weighted by molar-refractivity contribution is 0.0737. The molecule has 0 bridgehead atoms. The van der Waals surface area contributed by atoms with Crippen molar-refractivity contribution < 1.29 is 14.3 Å². The lowest BCUT2D eigenvalue weighted by Crippen LogP contribution is -2.49. The van der Waals surface area contributed by atoms with E-state index in [0.717, 1.165) is 52.6 Å². The third kappa shape index (κ3) is 14.4. The number of thiophene rings is 2. The molecule has 23 nitrogen and oxygen atoms in total. The average Bonchev–Trinajstić information content (AvgIpc) is 0.887. The van der Waals surface area contributed by atoms with E-state index in [1.807, 2.05) is 92.2 Å². The highest BCUT2D eigenvalue weighted by atomic mass is 35.5. The van der Waals surface area contributed by atoms with Gasteiger partial charge in [-0.2, -0.15) is 21.0 Å². The average molecular weight is 1300 g/mol. The number of aromatic nitrogens is 8. The van der Waals surface area contributed by atoms with Gasteiger partial charge in [-0.3, -0.25) is 33.3 Å². The van der Waals surface area contributed by atoms with Gasteiger partial charge in [0.1, 0.15) is 74.9 Å². The molecule has 4 N–H and O–H groups in total. The van der Waals surface area contributed by atoms with Gasteiger partial charge in [-0.25, -0.2) is 19.9 Å². The minimum Gasteiger partial charge on any atom is -0.497 e. The van der Waals surface area contributed by atoms with E-state index in [1.165, 1.54) is 27.2 Å². The predicted molar refractivity (Wildman–Crippen MR) is 345 cm³/mol. The maximum absolute atomic E-state index is 12.6. The molecule has 2 aliphatic rings. The van der Waals surface area contributed by atoms with Gasteiger partial charge in [0.05, 0.1) is 44.2 Å². The standard InChI is InChI=1S/C18H15N5O2S.C17H12ClN3O2.2C9H4ClN3O.C9H12N2OS/c19-11-13-15(12-3-1-5-20-16(12)21-17(13)24)22-6-8-23(9-7-22)18(25)14-4-2-10-26-14;1-23-12-6-4-11(5-7-12)10-21-16-13(3-2-8-20-16)15(18)14(9-19)17(21)22;2*10-7-5-2-1-3-12-8(5)13-9(14)6(7)4-11;12-9(8-2-1-7-13-8)11-5-3-10-4-6-11/h1-5,10H,6-9H2,(H,20,21,24);2-8H,10H2,1H3;2*1-3H,(H,12,13,14);1-2,7,10H,3-6H2. The SMILES string of the molecule is COc1ccc(Cn2c(=O)c(C#N)c(Cl)c3cccnc32)cc1.N#Cc1c(Cl)c2cccnc2[nH]c1=O.N#Cc1c(Cl)c2cccnc2[nH]c1=O.N#Cc1c(N2CCN(C(=O)c3cccs3)CC2)c2cccnc2[nH]c1=O.O=C(c1cccs1)N1CCNCC1. The van der Waals surface area contributed by atoms with Crippen molar-refractivity contribution in [2.24, 2.45) is 0 Å². The number of hydrogen-bond donors (Lipinski definition) is 4. The van der Waals surface area contributed by atoms with E-state index >= 15 is 0 Å². The van der Waals surface area contributed by atoms with E-state index in [0.29, 0.717) is 77.2 Å². The Balaban J connectivity index is 0.000000137. The van der Waals surface area contributed by atoms with Crippen molar-refractivity contribution in [1.29, 1.82) is 21.0 Å². The number of amides is 2. The number of benzene rings is 1. The van der Waals surface area contributed by atoms with Crippen LogP contribution < -0.4 is 37.2 Å². The van der Waals surface area contributed by atoms with Gasteiger partial charge < -0.3 is 39.7 Å². The minimum absolute atomic E-state index is 0.0255. The number of aromatic amines is 3. The monoisotopic (exact) mass is 1300 g/mol. The number of piperazine rings is 2. The first-order valence-electron chi connectivity index (χ1n) is 27.1. The second-order valence-corrected chi connectivity index (χ2v) is 22.2. The summed E-state index contributed by atoms with van der Waals surface area (Å²) in [5.74, 6) is 0.937. The molecule has 13 rings (SSSR count). The van der Waals surface area contributed by atoms with Crippen molar-refractivity contribution in [2.75, 3.05) is 64.4 Å². The van der Waals surface area contributed by atoms with Crippen LogP contribution >= 0.6 is 57.5 Å². The van der Waals surface area contributed by atoms with Crippen molar-refractivity contribution in [2.45, 2.75) is 6.54 Å². The van der Waals surface area contributed by atoms with E-state index in [-0.39, 0.29) is 49.1 Å². The van der Waals surface area contributed by atoms with Gasteiger partial charge in [0.25, 0.3) is 34.1 Å². The molecule has 2 amide bonds. The maximum Gasteiger partial charge on any atom is 0.271 e. The zero-order valence-corrected chi connectivity index (χ0v) is 51.1. The van der Waals surface area contributed by atoms with Gasteiger partial charge in [0.15, 0.2) is 0 Å². The molecule has 90 heavy (non-hydrogen) atoms. The Hall–Kier alpha value is -10.6. The lowest BCUT2D eigenvalue weighted by Gasteiger charge is -2.36. The number of pyridine rings is 8. The molecule has 11 aromatic rings. The van der Waals surface area contributed by atoms with E-state index in [2.05, 4.69) is 40.2 Å². The summed E-state index contributed by atoms with van der Waals surface area (Å²) < 4.78 is 6.58. The van der Waals surface area contributed by atoms with Gasteiger partial charge in [0.2, 0.25) is 0 Å². The van der Waals surface area contributed by atoms with Gasteiger partial charge in [-0.1, -0.05) is 59.1 Å². The van der Waals surface area contributed by atoms with Crippen LogP contribution in [0.5, 0.6) is 5.75 Å². The number of ether oxygens (including phenoxy) is 1. The molecular formula is C62H47Cl3N16O7S2. The molecule has 0 saturated carbocycles. The summed E-state index contributed by atoms with van der Waals surface area (Å²) in [7, 11) is 1.59. The molecule has 1 aromatic carbocycles. The number of nitrogens with zero attached hydrogens (tertiary/aromatic N) is 12. The van der Waals surface area contributed by atoms with Gasteiger partial charge >= 0.3 is 0 Å². The summed E-state index contributed by atoms with van der Waals surface area (Å²) in [6.45, 7) is 5.97. The first-order chi connectivity index (χ1) is 43.7. The maximum atomic E-state index is 12.6. The number of methoxy groups -OCH3 is 1. The Morgan fingerprint density at radius 2 is 0.967 bits per heavy atom. The van der Waals surface area contributed by atoms with Gasteiger partial charge in [0, 0.05) is 98.7 Å². The van der Waals surface area contributed by atoms with E-state index in [1.54, 1.807) is 86.5 Å². The van der Waals surface area contributed by atoms with E-state index in [9.17, 15) is 39.3 Å². The zero-order valence-electron chi connectivity index (χ0n) is 47.2. The molecule has 0 unspecified atom stereocenters. The van der Waals surface area contributed by atoms with Crippen LogP contribution in [0.1, 0.15) is 47.2 Å². The number of halogens is 3. The number of anilines is 1. The summed E-state index contributed by atoms with van der Waals surface area (Å²) in [6, 6.07) is 36.1. The van der Waals surface area contributed by atoms with Gasteiger partial charge in [-0.15, -0.1) is 22.7 Å². The number of rotatable bonds is 6. The van der Waals surface area contributed by atoms with Crippen molar-refractivity contribution >= 4 is 119 Å². The van der Waals surface area contributed by atoms with Crippen LogP contribution in [0.25, 0.3) is 44.1 Å². The number of hydrogen-bond acceptors (Lipinski definition) is 19. The normalized spacial score (nSPS) is 12.5. The summed E-state index contributed by atoms with van der Waals surface area (Å²) in [5, 5.41) is 46.0. The Morgan fingerprint density at radius 3 is 1.43 bits per heavy atom. The number of H-pyrrole nitrogens is 3. The predicted octanol–water partition coefficient (Wildman–Crippen LogP) is 8.49. The Kier molecular flexibility index (Phi) is 21.2. The zero-order chi connectivity index (χ0) is 63.8. The van der Waals surface area contributed by atoms with Crippen LogP contribution in [0.2, 0.25) is 15.1 Å². The molecule has 450 valence electrons. The second-order valence-electron chi connectivity index (χ2n) is 19.2. The number of carbonyl (C=O) groups excluding carboxylic acids is 2. The van der Waals surface area contributed by atoms with Crippen LogP contribution in [0.3, 0.4) is 0 Å². The van der Waals surface area contributed by atoms with Crippen LogP contribution in [0.4, 0.5) is 5.69 Å². The third-order valence-electron chi connectivity index (χ3n) is 13.9. The molecule has 2 fully saturated rings. The molecule has 2 saturated heterocycles. The first kappa shape index (κ1) is 63.9. The van der Waals surface area contributed by atoms with Crippen molar-refractivity contribution in [1.82, 2.24) is 54.6 Å². The smallest absolute Gasteiger partial charge is 0.271 e. The highest BCUT2D eigenvalue weighted by molar-refractivity contribution is 7.12. The second kappa shape index (κ2) is 29.9. The van der Waals surface area contributed by atoms with E-state index < -0.39 is 22.2 Å². The Labute approximate surface area is 533 Å². The summed E-state index contributed by atoms with van der Waals surface area (Å²) >= 11 is 20.8. The molecule has 2 aliphatic heterocycles. The molecule has 28 heteroatoms. The number of nitriles is 4. The highest BCUT2D eigenvalue weighted by Gasteiger charge is 2.27. The largest absolute Gasteiger partial charge is 0.497 e. The fourth-order valence-electron chi connectivity index (χ4n) is 9.43. The number of nitrogens with one attached hydrogen (secondary N) is 4. The quantitative estimate of drug-likeness (QED) is 0.121. The fourth-order valence-corrected chi connectivity index (χ4v) is 11.6. The Bertz CT molecular complexity index is 4780. The molecule has 10 aromatic heterocycles. The fraction of sp³-hybridized carbons (Fsp3) is 0.161. The Morgan fingerprint density at radius 1 is 0.533 bits per heavy atom. The lowest BCUT2D eigenvalue weighted by atomic mass is 10.1. The van der Waals surface area contributed by atoms with Gasteiger partial charge in [-0.05, 0) is 89.1 Å². The topological polar surface area (TPSA) is 332 Å². The number of fused-ring (bicyclic) bond motifs is 4. The van der Waals surface area contributed by atoms with Crippen molar-refractivity contribution in [3.8, 4) is 30.0 Å². The summed E-state index contributed by atoms with van der Waals surface area (Å²) in [6.07, 6.45) is 6.28. The van der Waals surface area contributed by atoms with Crippen molar-refractivity contribution in [3.63, 3.8) is 0 Å². The molecule has 0 atom stereocenters. The molecule has 0 radical (unpaired) electrons. The van der Waals surface area contributed by atoms with E-state index in [4.69, 9.17) is 50.1 Å². The molecule has 0 spiro atoms. The third-order valence-corrected chi connectivity index (χ3v) is 16.8.